The molecule has 5 rings (SSSR count). The van der Waals surface area contributed by atoms with Gasteiger partial charge in [0, 0.05) is 24.0 Å². The summed E-state index contributed by atoms with van der Waals surface area (Å²) >= 11 is 0. The molecular formula is C30H40O6Si2. The second-order valence-corrected chi connectivity index (χ2v) is 23.5. The Hall–Kier alpha value is -2.59. The second-order valence-electron chi connectivity index (χ2n) is 14.1. The van der Waals surface area contributed by atoms with Crippen LogP contribution >= 0.6 is 0 Å². The SMILES string of the molecule is CC(C)(C)[Si](C)(C)Oc1ccc2c(c1)OC(=O)C1C3C(=O)Oc4cc(O[Si](C)(C)C(C)(C)C)ccc4C3C21. The number of carbonyl (C=O) groups is 2. The maximum absolute atomic E-state index is 13.1. The highest BCUT2D eigenvalue weighted by Gasteiger charge is 2.64. The van der Waals surface area contributed by atoms with Gasteiger partial charge in [-0.05, 0) is 59.5 Å². The van der Waals surface area contributed by atoms with Crippen molar-refractivity contribution < 1.29 is 27.9 Å². The molecule has 2 aliphatic heterocycles. The van der Waals surface area contributed by atoms with Gasteiger partial charge < -0.3 is 18.3 Å². The lowest BCUT2D eigenvalue weighted by atomic mass is 9.51. The number of fused-ring (bicyclic) bond motifs is 8. The zero-order valence-corrected chi connectivity index (χ0v) is 26.2. The fraction of sp³-hybridized carbons (Fsp3) is 0.533. The van der Waals surface area contributed by atoms with Crippen LogP contribution in [0, 0.1) is 11.8 Å². The van der Waals surface area contributed by atoms with Gasteiger partial charge >= 0.3 is 11.9 Å². The maximum atomic E-state index is 13.1. The van der Waals surface area contributed by atoms with Crippen LogP contribution in [0.4, 0.5) is 0 Å². The molecule has 38 heavy (non-hydrogen) atoms. The van der Waals surface area contributed by atoms with Gasteiger partial charge in [0.2, 0.25) is 16.6 Å². The van der Waals surface area contributed by atoms with Crippen LogP contribution < -0.4 is 18.3 Å². The Kier molecular flexibility index (Phi) is 6.01. The third kappa shape index (κ3) is 4.20. The van der Waals surface area contributed by atoms with Crippen molar-refractivity contribution in [2.75, 3.05) is 0 Å². The monoisotopic (exact) mass is 552 g/mol. The van der Waals surface area contributed by atoms with Gasteiger partial charge in [-0.1, -0.05) is 53.7 Å². The van der Waals surface area contributed by atoms with E-state index in [9.17, 15) is 9.59 Å². The number of benzene rings is 2. The molecule has 0 amide bonds. The minimum atomic E-state index is -2.05. The van der Waals surface area contributed by atoms with Gasteiger partial charge in [-0.15, -0.1) is 0 Å². The van der Waals surface area contributed by atoms with Gasteiger partial charge in [-0.3, -0.25) is 9.59 Å². The summed E-state index contributed by atoms with van der Waals surface area (Å²) in [6.07, 6.45) is 0. The molecule has 1 aliphatic carbocycles. The van der Waals surface area contributed by atoms with Crippen LogP contribution in [0.1, 0.15) is 64.5 Å². The van der Waals surface area contributed by atoms with E-state index in [0.29, 0.717) is 23.0 Å². The first kappa shape index (κ1) is 27.0. The Morgan fingerprint density at radius 1 is 0.605 bits per heavy atom. The Morgan fingerprint density at radius 2 is 0.947 bits per heavy atom. The second kappa shape index (κ2) is 8.45. The minimum absolute atomic E-state index is 0.0468. The largest absolute Gasteiger partial charge is 0.543 e. The summed E-state index contributed by atoms with van der Waals surface area (Å²) in [6.45, 7) is 21.9. The summed E-state index contributed by atoms with van der Waals surface area (Å²) in [5.74, 6) is 0.397. The Morgan fingerprint density at radius 3 is 1.26 bits per heavy atom. The molecule has 204 valence electrons. The molecule has 3 aliphatic rings. The van der Waals surface area contributed by atoms with Crippen LogP contribution in [-0.2, 0) is 9.59 Å². The van der Waals surface area contributed by atoms with E-state index in [1.807, 2.05) is 36.4 Å². The van der Waals surface area contributed by atoms with Crippen molar-refractivity contribution in [1.29, 1.82) is 0 Å². The van der Waals surface area contributed by atoms with E-state index in [4.69, 9.17) is 18.3 Å². The molecule has 2 aromatic rings. The first-order chi connectivity index (χ1) is 17.4. The molecule has 6 nitrogen and oxygen atoms in total. The Bertz CT molecular complexity index is 1220. The van der Waals surface area contributed by atoms with Crippen molar-refractivity contribution in [1.82, 2.24) is 0 Å². The number of ether oxygens (including phenoxy) is 2. The number of rotatable bonds is 4. The average Bonchev–Trinajstić information content (AvgIpc) is 2.73. The number of esters is 2. The van der Waals surface area contributed by atoms with Crippen molar-refractivity contribution in [3.63, 3.8) is 0 Å². The van der Waals surface area contributed by atoms with Crippen LogP contribution in [0.2, 0.25) is 36.3 Å². The highest BCUT2D eigenvalue weighted by atomic mass is 28.4. The van der Waals surface area contributed by atoms with E-state index < -0.39 is 28.5 Å². The summed E-state index contributed by atoms with van der Waals surface area (Å²) in [6, 6.07) is 11.6. The van der Waals surface area contributed by atoms with Crippen molar-refractivity contribution >= 4 is 28.6 Å². The first-order valence-corrected chi connectivity index (χ1v) is 19.3. The van der Waals surface area contributed by atoms with E-state index in [-0.39, 0.29) is 33.9 Å². The van der Waals surface area contributed by atoms with Crippen molar-refractivity contribution in [2.45, 2.75) is 89.6 Å². The van der Waals surface area contributed by atoms with Crippen LogP contribution in [0.15, 0.2) is 36.4 Å². The van der Waals surface area contributed by atoms with Crippen LogP contribution in [0.3, 0.4) is 0 Å². The zero-order chi connectivity index (χ0) is 28.0. The smallest absolute Gasteiger partial charge is 0.315 e. The quantitative estimate of drug-likeness (QED) is 0.223. The number of carbonyl (C=O) groups excluding carboxylic acids is 2. The fourth-order valence-electron chi connectivity index (χ4n) is 5.24. The van der Waals surface area contributed by atoms with Crippen molar-refractivity contribution in [3.8, 4) is 23.0 Å². The van der Waals surface area contributed by atoms with Crippen molar-refractivity contribution in [3.05, 3.63) is 47.5 Å². The summed E-state index contributed by atoms with van der Waals surface area (Å²) < 4.78 is 24.5. The Labute approximate surface area is 228 Å². The molecule has 0 bridgehead atoms. The van der Waals surface area contributed by atoms with Gasteiger partial charge in [-0.25, -0.2) is 0 Å². The minimum Gasteiger partial charge on any atom is -0.543 e. The third-order valence-corrected chi connectivity index (χ3v) is 18.3. The molecule has 0 spiro atoms. The molecule has 8 heteroatoms. The lowest BCUT2D eigenvalue weighted by molar-refractivity contribution is -0.165. The van der Waals surface area contributed by atoms with Gasteiger partial charge in [0.15, 0.2) is 0 Å². The molecule has 1 saturated carbocycles. The Balaban J connectivity index is 1.48. The average molecular weight is 553 g/mol. The predicted molar refractivity (Wildman–Crippen MR) is 152 cm³/mol. The lowest BCUT2D eigenvalue weighted by Crippen LogP contribution is -2.57. The summed E-state index contributed by atoms with van der Waals surface area (Å²) in [5.41, 5.74) is 1.89. The lowest BCUT2D eigenvalue weighted by Gasteiger charge is -2.53. The van der Waals surface area contributed by atoms with Gasteiger partial charge in [0.25, 0.3) is 0 Å². The summed E-state index contributed by atoms with van der Waals surface area (Å²) in [5, 5.41) is 0.0936. The molecule has 0 aromatic heterocycles. The number of hydrogen-bond acceptors (Lipinski definition) is 6. The summed E-state index contributed by atoms with van der Waals surface area (Å²) in [7, 11) is -4.11. The van der Waals surface area contributed by atoms with E-state index in [1.54, 1.807) is 0 Å². The molecule has 0 N–H and O–H groups in total. The van der Waals surface area contributed by atoms with Crippen LogP contribution in [0.5, 0.6) is 23.0 Å². The predicted octanol–water partition coefficient (Wildman–Crippen LogP) is 7.41. The molecular weight excluding hydrogens is 512 g/mol. The van der Waals surface area contributed by atoms with Gasteiger partial charge in [0.1, 0.15) is 23.0 Å². The van der Waals surface area contributed by atoms with Gasteiger partial charge in [-0.2, -0.15) is 0 Å². The van der Waals surface area contributed by atoms with E-state index in [0.717, 1.165) is 11.1 Å². The fourth-order valence-corrected chi connectivity index (χ4v) is 7.29. The van der Waals surface area contributed by atoms with E-state index in [2.05, 4.69) is 67.7 Å². The molecule has 0 saturated heterocycles. The highest BCUT2D eigenvalue weighted by molar-refractivity contribution is 6.75. The van der Waals surface area contributed by atoms with Crippen molar-refractivity contribution in [2.24, 2.45) is 11.8 Å². The molecule has 2 aromatic carbocycles. The molecule has 4 atom stereocenters. The van der Waals surface area contributed by atoms with Crippen LogP contribution in [-0.4, -0.2) is 28.6 Å². The van der Waals surface area contributed by atoms with E-state index >= 15 is 0 Å². The third-order valence-electron chi connectivity index (χ3n) is 9.56. The molecule has 0 radical (unpaired) electrons. The first-order valence-electron chi connectivity index (χ1n) is 13.5. The summed E-state index contributed by atoms with van der Waals surface area (Å²) in [4.78, 5) is 26.2. The zero-order valence-electron chi connectivity index (χ0n) is 24.2. The number of hydrogen-bond donors (Lipinski definition) is 0. The standard InChI is InChI=1S/C30H40O6Si2/c1-29(2,3)37(7,8)35-17-11-13-19-21(15-17)33-27(31)25-23(19)24-20-14-12-18(36-38(9,10)30(4,5)6)16-22(20)34-28(32)26(24)25/h11-16,23-26H,1-10H3. The maximum Gasteiger partial charge on any atom is 0.315 e. The van der Waals surface area contributed by atoms with E-state index in [1.165, 1.54) is 0 Å². The molecule has 1 fully saturated rings. The highest BCUT2D eigenvalue weighted by Crippen LogP contribution is 2.65. The molecule has 2 heterocycles. The molecule has 4 unspecified atom stereocenters. The van der Waals surface area contributed by atoms with Gasteiger partial charge in [0.05, 0.1) is 11.8 Å². The normalized spacial score (nSPS) is 24.6. The topological polar surface area (TPSA) is 71.1 Å². The van der Waals surface area contributed by atoms with Crippen LogP contribution in [0.25, 0.3) is 0 Å².